The minimum atomic E-state index is -0.586. The van der Waals surface area contributed by atoms with Crippen molar-refractivity contribution < 1.29 is 8.78 Å². The van der Waals surface area contributed by atoms with Gasteiger partial charge in [-0.05, 0) is 41.5 Å². The average Bonchev–Trinajstić information content (AvgIpc) is 2.80. The first-order chi connectivity index (χ1) is 9.04. The van der Waals surface area contributed by atoms with E-state index in [4.69, 9.17) is 0 Å². The molecule has 0 aliphatic heterocycles. The topological polar surface area (TPSA) is 24.9 Å². The normalized spacial score (nSPS) is 12.7. The van der Waals surface area contributed by atoms with E-state index >= 15 is 0 Å². The molecule has 0 radical (unpaired) electrons. The van der Waals surface area contributed by atoms with Gasteiger partial charge < -0.3 is 5.32 Å². The summed E-state index contributed by atoms with van der Waals surface area (Å²) in [5.41, 5.74) is 0.641. The van der Waals surface area contributed by atoms with E-state index in [1.165, 1.54) is 23.5 Å². The van der Waals surface area contributed by atoms with Gasteiger partial charge in [0.2, 0.25) is 0 Å². The Morgan fingerprint density at radius 2 is 2.16 bits per heavy atom. The zero-order valence-electron chi connectivity index (χ0n) is 10.5. The van der Waals surface area contributed by atoms with E-state index in [9.17, 15) is 8.78 Å². The lowest BCUT2D eigenvalue weighted by atomic mass is 10.0. The molecule has 0 aliphatic rings. The fourth-order valence-electron chi connectivity index (χ4n) is 1.88. The molecule has 1 aromatic heterocycles. The third-order valence-electron chi connectivity index (χ3n) is 2.71. The first-order valence-electron chi connectivity index (χ1n) is 5.83. The van der Waals surface area contributed by atoms with E-state index in [2.05, 4.69) is 26.2 Å². The number of hydrogen-bond donors (Lipinski definition) is 1. The lowest BCUT2D eigenvalue weighted by Gasteiger charge is -2.18. The van der Waals surface area contributed by atoms with Gasteiger partial charge in [-0.25, -0.2) is 13.8 Å². The van der Waals surface area contributed by atoms with Gasteiger partial charge in [0.1, 0.15) is 11.6 Å². The lowest BCUT2D eigenvalue weighted by molar-refractivity contribution is 0.503. The molecule has 1 atom stereocenters. The third-order valence-corrected chi connectivity index (χ3v) is 4.11. The molecule has 1 aromatic carbocycles. The molecule has 0 amide bonds. The molecule has 1 heterocycles. The molecule has 0 bridgehead atoms. The highest BCUT2D eigenvalue weighted by molar-refractivity contribution is 9.10. The summed E-state index contributed by atoms with van der Waals surface area (Å²) in [6.45, 7) is 4.34. The predicted octanol–water partition coefficient (Wildman–Crippen LogP) is 4.19. The van der Waals surface area contributed by atoms with Gasteiger partial charge in [-0.1, -0.05) is 6.92 Å². The zero-order valence-corrected chi connectivity index (χ0v) is 12.9. The summed E-state index contributed by atoms with van der Waals surface area (Å²) in [5, 5.41) is 5.77. The second-order valence-corrected chi connectivity index (χ2v) is 5.96. The molecule has 2 aromatic rings. The Morgan fingerprint density at radius 3 is 2.74 bits per heavy atom. The molecular formula is C13H13BrF2N2S. The molecule has 2 nitrogen and oxygen atoms in total. The summed E-state index contributed by atoms with van der Waals surface area (Å²) >= 11 is 4.55. The number of nitrogens with one attached hydrogen (secondary N) is 1. The molecule has 1 unspecified atom stereocenters. The molecule has 0 fully saturated rings. The van der Waals surface area contributed by atoms with Crippen LogP contribution >= 0.6 is 27.3 Å². The maximum Gasteiger partial charge on any atom is 0.145 e. The molecule has 0 spiro atoms. The number of benzene rings is 1. The Morgan fingerprint density at radius 1 is 1.42 bits per heavy atom. The van der Waals surface area contributed by atoms with Gasteiger partial charge in [0, 0.05) is 10.9 Å². The van der Waals surface area contributed by atoms with Crippen molar-refractivity contribution >= 4 is 27.3 Å². The fourth-order valence-corrected chi connectivity index (χ4v) is 2.86. The van der Waals surface area contributed by atoms with Crippen molar-refractivity contribution in [3.63, 3.8) is 0 Å². The number of halogens is 3. The summed E-state index contributed by atoms with van der Waals surface area (Å²) in [5.74, 6) is -1.16. The zero-order chi connectivity index (χ0) is 14.0. The maximum atomic E-state index is 14.2. The Hall–Kier alpha value is -0.850. The highest BCUT2D eigenvalue weighted by atomic mass is 79.9. The molecule has 0 aliphatic carbocycles. The second-order valence-electron chi connectivity index (χ2n) is 4.04. The first kappa shape index (κ1) is 14.6. The van der Waals surface area contributed by atoms with Gasteiger partial charge in [-0.2, -0.15) is 0 Å². The SMILES string of the molecule is CCNC(c1csc(C)n1)c1c(F)ccc(Br)c1F. The smallest absolute Gasteiger partial charge is 0.145 e. The minimum absolute atomic E-state index is 0.00141. The molecule has 0 saturated carbocycles. The number of aromatic nitrogens is 1. The van der Waals surface area contributed by atoms with Crippen LogP contribution in [0.3, 0.4) is 0 Å². The standard InChI is InChI=1S/C13H13BrF2N2S/c1-3-17-13(10-6-19-7(2)18-10)11-9(15)5-4-8(14)12(11)16/h4-6,13,17H,3H2,1-2H3. The van der Waals surface area contributed by atoms with E-state index in [0.717, 1.165) is 5.01 Å². The van der Waals surface area contributed by atoms with Crippen molar-refractivity contribution in [3.8, 4) is 0 Å². The van der Waals surface area contributed by atoms with E-state index in [1.54, 1.807) is 0 Å². The number of aryl methyl sites for hydroxylation is 1. The number of thiazole rings is 1. The summed E-state index contributed by atoms with van der Waals surface area (Å²) in [7, 11) is 0. The van der Waals surface area contributed by atoms with Gasteiger partial charge in [0.05, 0.1) is 21.2 Å². The van der Waals surface area contributed by atoms with Gasteiger partial charge in [0.15, 0.2) is 0 Å². The summed E-state index contributed by atoms with van der Waals surface area (Å²) in [4.78, 5) is 4.33. The van der Waals surface area contributed by atoms with Crippen LogP contribution in [0, 0.1) is 18.6 Å². The van der Waals surface area contributed by atoms with Crippen LogP contribution in [-0.2, 0) is 0 Å². The molecular weight excluding hydrogens is 334 g/mol. The van der Waals surface area contributed by atoms with Crippen molar-refractivity contribution in [2.24, 2.45) is 0 Å². The summed E-state index contributed by atoms with van der Waals surface area (Å²) in [6, 6.07) is 2.04. The van der Waals surface area contributed by atoms with Crippen molar-refractivity contribution in [3.05, 3.63) is 49.9 Å². The second kappa shape index (κ2) is 6.07. The number of rotatable bonds is 4. The van der Waals surface area contributed by atoms with Gasteiger partial charge in [-0.3, -0.25) is 0 Å². The number of hydrogen-bond acceptors (Lipinski definition) is 3. The molecule has 1 N–H and O–H groups in total. The van der Waals surface area contributed by atoms with Crippen molar-refractivity contribution in [2.75, 3.05) is 6.54 Å². The Balaban J connectivity index is 2.53. The van der Waals surface area contributed by atoms with E-state index in [0.29, 0.717) is 12.2 Å². The van der Waals surface area contributed by atoms with Crippen LogP contribution < -0.4 is 5.32 Å². The highest BCUT2D eigenvalue weighted by Crippen LogP contribution is 2.31. The van der Waals surface area contributed by atoms with Crippen molar-refractivity contribution in [1.82, 2.24) is 10.3 Å². The lowest BCUT2D eigenvalue weighted by Crippen LogP contribution is -2.24. The first-order valence-corrected chi connectivity index (χ1v) is 7.50. The fraction of sp³-hybridized carbons (Fsp3) is 0.308. The monoisotopic (exact) mass is 346 g/mol. The third kappa shape index (κ3) is 3.01. The highest BCUT2D eigenvalue weighted by Gasteiger charge is 2.24. The van der Waals surface area contributed by atoms with Gasteiger partial charge >= 0.3 is 0 Å². The quantitative estimate of drug-likeness (QED) is 0.839. The Labute approximate surface area is 123 Å². The van der Waals surface area contributed by atoms with Crippen LogP contribution in [0.5, 0.6) is 0 Å². The molecule has 2 rings (SSSR count). The predicted molar refractivity (Wildman–Crippen MR) is 76.4 cm³/mol. The molecule has 6 heteroatoms. The van der Waals surface area contributed by atoms with Crippen molar-refractivity contribution in [2.45, 2.75) is 19.9 Å². The minimum Gasteiger partial charge on any atom is -0.305 e. The van der Waals surface area contributed by atoms with Crippen molar-refractivity contribution in [1.29, 1.82) is 0 Å². The van der Waals surface area contributed by atoms with Gasteiger partial charge in [-0.15, -0.1) is 11.3 Å². The van der Waals surface area contributed by atoms with E-state index in [-0.39, 0.29) is 10.0 Å². The number of nitrogens with zero attached hydrogens (tertiary/aromatic N) is 1. The summed E-state index contributed by atoms with van der Waals surface area (Å²) < 4.78 is 28.4. The molecule has 0 saturated heterocycles. The Kier molecular flexibility index (Phi) is 4.65. The largest absolute Gasteiger partial charge is 0.305 e. The van der Waals surface area contributed by atoms with Crippen LogP contribution in [-0.4, -0.2) is 11.5 Å². The van der Waals surface area contributed by atoms with E-state index in [1.807, 2.05) is 19.2 Å². The van der Waals surface area contributed by atoms with Gasteiger partial charge in [0.25, 0.3) is 0 Å². The maximum absolute atomic E-state index is 14.2. The van der Waals surface area contributed by atoms with Crippen LogP contribution in [0.1, 0.15) is 29.2 Å². The Bertz CT molecular complexity index is 586. The van der Waals surface area contributed by atoms with Crippen LogP contribution in [0.2, 0.25) is 0 Å². The van der Waals surface area contributed by atoms with Crippen LogP contribution in [0.25, 0.3) is 0 Å². The average molecular weight is 347 g/mol. The summed E-state index contributed by atoms with van der Waals surface area (Å²) in [6.07, 6.45) is 0. The van der Waals surface area contributed by atoms with E-state index < -0.39 is 17.7 Å². The van der Waals surface area contributed by atoms with Crippen LogP contribution in [0.4, 0.5) is 8.78 Å². The van der Waals surface area contributed by atoms with Crippen LogP contribution in [0.15, 0.2) is 22.0 Å². The molecule has 19 heavy (non-hydrogen) atoms. The molecule has 102 valence electrons.